The fourth-order valence-electron chi connectivity index (χ4n) is 2.42. The number of carbonyl (C=O) groups is 2. The Hall–Kier alpha value is -2.47. The van der Waals surface area contributed by atoms with Gasteiger partial charge < -0.3 is 14.7 Å². The highest BCUT2D eigenvalue weighted by Crippen LogP contribution is 2.19. The van der Waals surface area contributed by atoms with Crippen LogP contribution < -0.4 is 0 Å². The molecule has 0 bridgehead atoms. The largest absolute Gasteiger partial charge is 0.479 e. The Balaban J connectivity index is 1.92. The van der Waals surface area contributed by atoms with Gasteiger partial charge >= 0.3 is 5.97 Å². The number of carboxylic acids is 1. The van der Waals surface area contributed by atoms with E-state index in [0.29, 0.717) is 12.2 Å². The minimum atomic E-state index is -1.06. The lowest BCUT2D eigenvalue weighted by Crippen LogP contribution is -2.48. The molecule has 1 aromatic heterocycles. The molecule has 1 aliphatic rings. The third kappa shape index (κ3) is 2.57. The van der Waals surface area contributed by atoms with Gasteiger partial charge in [-0.25, -0.2) is 4.79 Å². The van der Waals surface area contributed by atoms with Gasteiger partial charge in [0.15, 0.2) is 6.10 Å². The number of carboxylic acid groups (broad SMARTS) is 1. The van der Waals surface area contributed by atoms with E-state index < -0.39 is 12.1 Å². The first-order chi connectivity index (χ1) is 10.2. The summed E-state index contributed by atoms with van der Waals surface area (Å²) < 4.78 is 5.13. The Bertz CT molecular complexity index is 696. The summed E-state index contributed by atoms with van der Waals surface area (Å²) in [5.41, 5.74) is 0.346. The summed E-state index contributed by atoms with van der Waals surface area (Å²) in [6.45, 7) is 0.625. The molecule has 1 amide bonds. The molecule has 1 saturated heterocycles. The van der Waals surface area contributed by atoms with E-state index in [9.17, 15) is 9.59 Å². The van der Waals surface area contributed by atoms with Crippen LogP contribution in [-0.2, 0) is 9.53 Å². The van der Waals surface area contributed by atoms with Crippen molar-refractivity contribution in [2.75, 3.05) is 19.7 Å². The zero-order valence-electron chi connectivity index (χ0n) is 11.2. The molecule has 1 fully saturated rings. The Morgan fingerprint density at radius 1 is 1.29 bits per heavy atom. The number of morpholine rings is 1. The molecular weight excluding hydrogens is 272 g/mol. The monoisotopic (exact) mass is 286 g/mol. The number of hydrogen-bond acceptors (Lipinski definition) is 4. The molecule has 0 saturated carbocycles. The van der Waals surface area contributed by atoms with Crippen molar-refractivity contribution in [2.24, 2.45) is 0 Å². The highest BCUT2D eigenvalue weighted by atomic mass is 16.5. The first-order valence-electron chi connectivity index (χ1n) is 6.64. The van der Waals surface area contributed by atoms with Crippen molar-refractivity contribution in [3.63, 3.8) is 0 Å². The second-order valence-electron chi connectivity index (χ2n) is 4.83. The summed E-state index contributed by atoms with van der Waals surface area (Å²) in [5.74, 6) is -1.32. The number of fused-ring (bicyclic) bond motifs is 1. The van der Waals surface area contributed by atoms with Gasteiger partial charge in [0.1, 0.15) is 5.69 Å². The first-order valence-corrected chi connectivity index (χ1v) is 6.64. The highest BCUT2D eigenvalue weighted by molar-refractivity contribution is 6.05. The van der Waals surface area contributed by atoms with Crippen LogP contribution in [0.2, 0.25) is 0 Å². The molecule has 2 aromatic rings. The predicted molar refractivity (Wildman–Crippen MR) is 75.0 cm³/mol. The number of rotatable bonds is 2. The van der Waals surface area contributed by atoms with E-state index in [4.69, 9.17) is 9.84 Å². The van der Waals surface area contributed by atoms with Crippen molar-refractivity contribution in [2.45, 2.75) is 6.10 Å². The minimum absolute atomic E-state index is 0.0407. The van der Waals surface area contributed by atoms with Gasteiger partial charge in [0.05, 0.1) is 13.2 Å². The van der Waals surface area contributed by atoms with E-state index in [-0.39, 0.29) is 19.1 Å². The van der Waals surface area contributed by atoms with Crippen LogP contribution in [0.25, 0.3) is 10.8 Å². The molecule has 1 aromatic carbocycles. The lowest BCUT2D eigenvalue weighted by Gasteiger charge is -2.30. The fourth-order valence-corrected chi connectivity index (χ4v) is 2.42. The SMILES string of the molecule is O=C(O)C1CN(C(=O)c2nccc3ccccc23)CCO1. The summed E-state index contributed by atoms with van der Waals surface area (Å²) in [6.07, 6.45) is 0.614. The first kappa shape index (κ1) is 13.5. The molecule has 1 atom stereocenters. The Morgan fingerprint density at radius 2 is 2.10 bits per heavy atom. The molecule has 1 unspecified atom stereocenters. The lowest BCUT2D eigenvalue weighted by atomic mass is 10.1. The van der Waals surface area contributed by atoms with Crippen LogP contribution in [0.4, 0.5) is 0 Å². The van der Waals surface area contributed by atoms with Crippen LogP contribution in [0.15, 0.2) is 36.5 Å². The maximum atomic E-state index is 12.6. The standard InChI is InChI=1S/C15H14N2O4/c18-14(17-7-8-21-12(9-17)15(19)20)13-11-4-2-1-3-10(11)5-6-16-13/h1-6,12H,7-9H2,(H,19,20). The summed E-state index contributed by atoms with van der Waals surface area (Å²) >= 11 is 0. The van der Waals surface area contributed by atoms with Crippen molar-refractivity contribution in [3.05, 3.63) is 42.2 Å². The van der Waals surface area contributed by atoms with E-state index in [1.807, 2.05) is 30.3 Å². The number of benzene rings is 1. The highest BCUT2D eigenvalue weighted by Gasteiger charge is 2.30. The molecule has 1 N–H and O–H groups in total. The van der Waals surface area contributed by atoms with Crippen molar-refractivity contribution < 1.29 is 19.4 Å². The quantitative estimate of drug-likeness (QED) is 0.896. The number of hydrogen-bond donors (Lipinski definition) is 1. The topological polar surface area (TPSA) is 79.7 Å². The van der Waals surface area contributed by atoms with Crippen LogP contribution >= 0.6 is 0 Å². The number of aliphatic carboxylic acids is 1. The maximum Gasteiger partial charge on any atom is 0.334 e. The van der Waals surface area contributed by atoms with Crippen LogP contribution in [0, 0.1) is 0 Å². The molecule has 108 valence electrons. The molecule has 0 radical (unpaired) electrons. The summed E-state index contributed by atoms with van der Waals surface area (Å²) in [7, 11) is 0. The van der Waals surface area contributed by atoms with Gasteiger partial charge in [-0.15, -0.1) is 0 Å². The molecule has 3 rings (SSSR count). The summed E-state index contributed by atoms with van der Waals surface area (Å²) in [6, 6.07) is 9.33. The predicted octanol–water partition coefficient (Wildman–Crippen LogP) is 1.16. The second kappa shape index (κ2) is 5.49. The molecule has 0 aliphatic carbocycles. The Labute approximate surface area is 121 Å². The van der Waals surface area contributed by atoms with Crippen molar-refractivity contribution in [1.82, 2.24) is 9.88 Å². The number of carbonyl (C=O) groups excluding carboxylic acids is 1. The molecular formula is C15H14N2O4. The van der Waals surface area contributed by atoms with Gasteiger partial charge in [0, 0.05) is 18.1 Å². The number of pyridine rings is 1. The van der Waals surface area contributed by atoms with E-state index in [1.54, 1.807) is 6.20 Å². The summed E-state index contributed by atoms with van der Waals surface area (Å²) in [4.78, 5) is 29.2. The maximum absolute atomic E-state index is 12.6. The smallest absolute Gasteiger partial charge is 0.334 e. The third-order valence-corrected chi connectivity index (χ3v) is 3.51. The average Bonchev–Trinajstić information content (AvgIpc) is 2.53. The second-order valence-corrected chi connectivity index (χ2v) is 4.83. The van der Waals surface area contributed by atoms with Crippen molar-refractivity contribution in [3.8, 4) is 0 Å². The number of nitrogens with zero attached hydrogens (tertiary/aromatic N) is 2. The lowest BCUT2D eigenvalue weighted by molar-refractivity contribution is -0.154. The normalized spacial score (nSPS) is 18.7. The molecule has 6 heteroatoms. The van der Waals surface area contributed by atoms with Crippen LogP contribution in [0.1, 0.15) is 10.5 Å². The molecule has 21 heavy (non-hydrogen) atoms. The number of ether oxygens (including phenoxy) is 1. The average molecular weight is 286 g/mol. The van der Waals surface area contributed by atoms with E-state index in [2.05, 4.69) is 4.98 Å². The molecule has 6 nitrogen and oxygen atoms in total. The van der Waals surface area contributed by atoms with Crippen LogP contribution in [0.5, 0.6) is 0 Å². The van der Waals surface area contributed by atoms with Crippen molar-refractivity contribution >= 4 is 22.6 Å². The van der Waals surface area contributed by atoms with Crippen LogP contribution in [-0.4, -0.2) is 52.7 Å². The van der Waals surface area contributed by atoms with Gasteiger partial charge in [0.2, 0.25) is 0 Å². The zero-order valence-corrected chi connectivity index (χ0v) is 11.2. The van der Waals surface area contributed by atoms with Crippen molar-refractivity contribution in [1.29, 1.82) is 0 Å². The molecule has 2 heterocycles. The molecule has 1 aliphatic heterocycles. The fraction of sp³-hybridized carbons (Fsp3) is 0.267. The molecule has 0 spiro atoms. The Morgan fingerprint density at radius 3 is 2.90 bits per heavy atom. The minimum Gasteiger partial charge on any atom is -0.479 e. The summed E-state index contributed by atoms with van der Waals surface area (Å²) in [5, 5.41) is 10.7. The van der Waals surface area contributed by atoms with Crippen LogP contribution in [0.3, 0.4) is 0 Å². The Kier molecular flexibility index (Phi) is 3.53. The van der Waals surface area contributed by atoms with E-state index in [1.165, 1.54) is 4.90 Å². The van der Waals surface area contributed by atoms with E-state index in [0.717, 1.165) is 10.8 Å². The van der Waals surface area contributed by atoms with Gasteiger partial charge in [-0.1, -0.05) is 24.3 Å². The van der Waals surface area contributed by atoms with Gasteiger partial charge in [0.25, 0.3) is 5.91 Å². The zero-order chi connectivity index (χ0) is 14.8. The number of aromatic nitrogens is 1. The van der Waals surface area contributed by atoms with Gasteiger partial charge in [-0.2, -0.15) is 0 Å². The van der Waals surface area contributed by atoms with Gasteiger partial charge in [-0.3, -0.25) is 9.78 Å². The third-order valence-electron chi connectivity index (χ3n) is 3.51. The van der Waals surface area contributed by atoms with Gasteiger partial charge in [-0.05, 0) is 11.5 Å². The number of amides is 1. The van der Waals surface area contributed by atoms with E-state index >= 15 is 0 Å².